The summed E-state index contributed by atoms with van der Waals surface area (Å²) in [5, 5.41) is 3.06. The van der Waals surface area contributed by atoms with Crippen molar-refractivity contribution in [1.82, 2.24) is 10.2 Å². The number of hydrogen-bond donors (Lipinski definition) is 1. The zero-order chi connectivity index (χ0) is 13.6. The number of carbonyl (C=O) groups is 1. The third-order valence-electron chi connectivity index (χ3n) is 3.03. The minimum Gasteiger partial charge on any atom is -0.468 e. The highest BCUT2D eigenvalue weighted by atomic mass is 32.2. The Morgan fingerprint density at radius 3 is 2.72 bits per heavy atom. The van der Waals surface area contributed by atoms with Crippen molar-refractivity contribution >= 4 is 15.8 Å². The molecule has 0 aromatic heterocycles. The number of methoxy groups -OCH3 is 1. The number of nitrogens with zero attached hydrogens (tertiary/aromatic N) is 1. The summed E-state index contributed by atoms with van der Waals surface area (Å²) in [5.74, 6) is 0.115. The molecule has 0 aromatic rings. The Labute approximate surface area is 109 Å². The third-order valence-corrected chi connectivity index (χ3v) is 4.74. The minimum atomic E-state index is -2.90. The van der Waals surface area contributed by atoms with Gasteiger partial charge in [-0.2, -0.15) is 0 Å². The molecule has 1 atom stereocenters. The summed E-state index contributed by atoms with van der Waals surface area (Å²) in [7, 11) is -1.54. The van der Waals surface area contributed by atoms with Crippen LogP contribution in [0, 0.1) is 0 Å². The Kier molecular flexibility index (Phi) is 6.04. The molecule has 0 amide bonds. The summed E-state index contributed by atoms with van der Waals surface area (Å²) in [6, 6.07) is -0.388. The van der Waals surface area contributed by atoms with E-state index in [4.69, 9.17) is 4.74 Å². The van der Waals surface area contributed by atoms with Crippen LogP contribution in [0.15, 0.2) is 0 Å². The summed E-state index contributed by atoms with van der Waals surface area (Å²) >= 11 is 0. The standard InChI is InChI=1S/C11H22N2O4S/c1-3-12-10(11(14)17-2)9-13-5-4-7-18(15,16)8-6-13/h10,12H,3-9H2,1-2H3. The molecule has 0 spiro atoms. The van der Waals surface area contributed by atoms with Gasteiger partial charge in [-0.15, -0.1) is 0 Å². The van der Waals surface area contributed by atoms with Gasteiger partial charge in [0.05, 0.1) is 18.6 Å². The molecule has 1 rings (SSSR count). The van der Waals surface area contributed by atoms with Gasteiger partial charge in [-0.1, -0.05) is 6.92 Å². The maximum absolute atomic E-state index is 11.6. The summed E-state index contributed by atoms with van der Waals surface area (Å²) in [6.07, 6.45) is 0.627. The Hall–Kier alpha value is -0.660. The fourth-order valence-corrected chi connectivity index (χ4v) is 3.35. The van der Waals surface area contributed by atoms with Crippen LogP contribution < -0.4 is 5.32 Å². The van der Waals surface area contributed by atoms with Gasteiger partial charge < -0.3 is 15.0 Å². The van der Waals surface area contributed by atoms with Crippen molar-refractivity contribution < 1.29 is 17.9 Å². The first-order chi connectivity index (χ1) is 8.48. The first kappa shape index (κ1) is 15.4. The molecule has 1 N–H and O–H groups in total. The predicted octanol–water partition coefficient (Wildman–Crippen LogP) is -0.742. The average molecular weight is 278 g/mol. The van der Waals surface area contributed by atoms with Gasteiger partial charge in [-0.25, -0.2) is 8.42 Å². The van der Waals surface area contributed by atoms with Crippen molar-refractivity contribution in [3.63, 3.8) is 0 Å². The fourth-order valence-electron chi connectivity index (χ4n) is 2.04. The molecule has 0 saturated carbocycles. The number of sulfone groups is 1. The van der Waals surface area contributed by atoms with E-state index in [9.17, 15) is 13.2 Å². The van der Waals surface area contributed by atoms with E-state index in [1.54, 1.807) is 0 Å². The third kappa shape index (κ3) is 4.91. The maximum atomic E-state index is 11.6. The van der Waals surface area contributed by atoms with Crippen LogP contribution in [-0.4, -0.2) is 70.1 Å². The SMILES string of the molecule is CCNC(CN1CCCS(=O)(=O)CC1)C(=O)OC. The monoisotopic (exact) mass is 278 g/mol. The highest BCUT2D eigenvalue weighted by Crippen LogP contribution is 2.06. The molecule has 0 radical (unpaired) electrons. The lowest BCUT2D eigenvalue weighted by Crippen LogP contribution is -2.47. The Bertz CT molecular complexity index is 369. The average Bonchev–Trinajstić information content (AvgIpc) is 2.49. The summed E-state index contributed by atoms with van der Waals surface area (Å²) in [4.78, 5) is 13.6. The van der Waals surface area contributed by atoms with Crippen molar-refractivity contribution in [2.75, 3.05) is 44.8 Å². The maximum Gasteiger partial charge on any atom is 0.324 e. The van der Waals surface area contributed by atoms with Crippen LogP contribution in [0.25, 0.3) is 0 Å². The van der Waals surface area contributed by atoms with Crippen molar-refractivity contribution in [3.05, 3.63) is 0 Å². The normalized spacial score (nSPS) is 22.1. The highest BCUT2D eigenvalue weighted by molar-refractivity contribution is 7.91. The molecule has 1 aliphatic rings. The van der Waals surface area contributed by atoms with Gasteiger partial charge in [0.2, 0.25) is 0 Å². The number of esters is 1. The van der Waals surface area contributed by atoms with Crippen molar-refractivity contribution in [2.24, 2.45) is 0 Å². The molecule has 18 heavy (non-hydrogen) atoms. The first-order valence-electron chi connectivity index (χ1n) is 6.22. The van der Waals surface area contributed by atoms with E-state index < -0.39 is 9.84 Å². The molecule has 106 valence electrons. The lowest BCUT2D eigenvalue weighted by atomic mass is 10.2. The van der Waals surface area contributed by atoms with Gasteiger partial charge in [0, 0.05) is 13.1 Å². The van der Waals surface area contributed by atoms with Gasteiger partial charge >= 0.3 is 5.97 Å². The van der Waals surface area contributed by atoms with Gasteiger partial charge in [0.25, 0.3) is 0 Å². The number of ether oxygens (including phenoxy) is 1. The topological polar surface area (TPSA) is 75.7 Å². The number of nitrogens with one attached hydrogen (secondary N) is 1. The predicted molar refractivity (Wildman–Crippen MR) is 69.2 cm³/mol. The van der Waals surface area contributed by atoms with Crippen LogP contribution in [0.5, 0.6) is 0 Å². The lowest BCUT2D eigenvalue weighted by Gasteiger charge is -2.24. The number of likely N-dealkylation sites (N-methyl/N-ethyl adjacent to an activating group) is 1. The van der Waals surface area contributed by atoms with Crippen molar-refractivity contribution in [1.29, 1.82) is 0 Å². The Morgan fingerprint density at radius 1 is 1.39 bits per heavy atom. The van der Waals surface area contributed by atoms with Gasteiger partial charge in [-0.3, -0.25) is 4.79 Å². The lowest BCUT2D eigenvalue weighted by molar-refractivity contribution is -0.143. The summed E-state index contributed by atoms with van der Waals surface area (Å²) in [6.45, 7) is 4.28. The first-order valence-corrected chi connectivity index (χ1v) is 8.04. The summed E-state index contributed by atoms with van der Waals surface area (Å²) in [5.41, 5.74) is 0. The summed E-state index contributed by atoms with van der Waals surface area (Å²) < 4.78 is 27.7. The second-order valence-corrected chi connectivity index (χ2v) is 6.74. The largest absolute Gasteiger partial charge is 0.468 e. The Balaban J connectivity index is 2.56. The van der Waals surface area contributed by atoms with Gasteiger partial charge in [0.15, 0.2) is 9.84 Å². The molecule has 0 bridgehead atoms. The van der Waals surface area contributed by atoms with E-state index in [1.165, 1.54) is 7.11 Å². The van der Waals surface area contributed by atoms with Crippen LogP contribution >= 0.6 is 0 Å². The molecule has 1 aliphatic heterocycles. The van der Waals surface area contributed by atoms with E-state index in [-0.39, 0.29) is 23.5 Å². The fraction of sp³-hybridized carbons (Fsp3) is 0.909. The smallest absolute Gasteiger partial charge is 0.324 e. The van der Waals surface area contributed by atoms with Crippen LogP contribution in [0.4, 0.5) is 0 Å². The second kappa shape index (κ2) is 7.06. The molecule has 0 aliphatic carbocycles. The number of rotatable bonds is 5. The van der Waals surface area contributed by atoms with E-state index in [2.05, 4.69) is 5.32 Å². The molecule has 1 heterocycles. The minimum absolute atomic E-state index is 0.174. The van der Waals surface area contributed by atoms with Gasteiger partial charge in [0.1, 0.15) is 6.04 Å². The highest BCUT2D eigenvalue weighted by Gasteiger charge is 2.24. The molecular weight excluding hydrogens is 256 g/mol. The Morgan fingerprint density at radius 2 is 2.11 bits per heavy atom. The van der Waals surface area contributed by atoms with Gasteiger partial charge in [-0.05, 0) is 19.5 Å². The van der Waals surface area contributed by atoms with Crippen molar-refractivity contribution in [2.45, 2.75) is 19.4 Å². The van der Waals surface area contributed by atoms with Crippen LogP contribution in [-0.2, 0) is 19.4 Å². The molecular formula is C11H22N2O4S. The zero-order valence-corrected chi connectivity index (χ0v) is 11.8. The second-order valence-electron chi connectivity index (χ2n) is 4.44. The molecule has 7 heteroatoms. The van der Waals surface area contributed by atoms with E-state index in [1.807, 2.05) is 11.8 Å². The van der Waals surface area contributed by atoms with Crippen LogP contribution in [0.3, 0.4) is 0 Å². The zero-order valence-electron chi connectivity index (χ0n) is 11.0. The van der Waals surface area contributed by atoms with Crippen LogP contribution in [0.1, 0.15) is 13.3 Å². The van der Waals surface area contributed by atoms with Crippen LogP contribution in [0.2, 0.25) is 0 Å². The number of hydrogen-bond acceptors (Lipinski definition) is 6. The number of carbonyl (C=O) groups excluding carboxylic acids is 1. The molecule has 1 fully saturated rings. The molecule has 1 saturated heterocycles. The van der Waals surface area contributed by atoms with E-state index in [0.29, 0.717) is 32.6 Å². The molecule has 6 nitrogen and oxygen atoms in total. The van der Waals surface area contributed by atoms with E-state index in [0.717, 1.165) is 0 Å². The molecule has 0 aromatic carbocycles. The molecule has 1 unspecified atom stereocenters. The quantitative estimate of drug-likeness (QED) is 0.668. The van der Waals surface area contributed by atoms with Crippen molar-refractivity contribution in [3.8, 4) is 0 Å². The van der Waals surface area contributed by atoms with E-state index >= 15 is 0 Å².